The number of halogens is 2. The summed E-state index contributed by atoms with van der Waals surface area (Å²) in [4.78, 5) is 4.46. The average Bonchev–Trinajstić information content (AvgIpc) is 2.38. The highest BCUT2D eigenvalue weighted by molar-refractivity contribution is 5.94. The smallest absolute Gasteiger partial charge is 0.137 e. The lowest BCUT2D eigenvalue weighted by Crippen LogP contribution is -2.12. The fraction of sp³-hybridized carbons (Fsp3) is 0.400. The Labute approximate surface area is 110 Å². The second kappa shape index (κ2) is 4.76. The molecule has 1 heterocycles. The zero-order chi connectivity index (χ0) is 13.4. The molecule has 19 heavy (non-hydrogen) atoms. The summed E-state index contributed by atoms with van der Waals surface area (Å²) in [6, 6.07) is 2.24. The first-order valence-electron chi connectivity index (χ1n) is 6.75. The van der Waals surface area contributed by atoms with E-state index < -0.39 is 11.6 Å². The molecule has 1 aromatic heterocycles. The van der Waals surface area contributed by atoms with Gasteiger partial charge in [0.05, 0.1) is 16.6 Å². The third kappa shape index (κ3) is 2.05. The molecule has 0 spiro atoms. The summed E-state index contributed by atoms with van der Waals surface area (Å²) in [7, 11) is 0. The monoisotopic (exact) mass is 262 g/mol. The van der Waals surface area contributed by atoms with Gasteiger partial charge in [0.2, 0.25) is 0 Å². The van der Waals surface area contributed by atoms with Gasteiger partial charge < -0.3 is 5.32 Å². The number of pyridine rings is 1. The van der Waals surface area contributed by atoms with E-state index in [1.165, 1.54) is 6.07 Å². The SMILES string of the molecule is CCNc1c2c(nc3cc(F)cc(F)c13)CCCC2. The van der Waals surface area contributed by atoms with Crippen LogP contribution in [0.1, 0.15) is 31.0 Å². The molecular weight excluding hydrogens is 246 g/mol. The first-order valence-corrected chi connectivity index (χ1v) is 6.75. The number of nitrogens with one attached hydrogen (secondary N) is 1. The number of anilines is 1. The summed E-state index contributed by atoms with van der Waals surface area (Å²) < 4.78 is 27.4. The first kappa shape index (κ1) is 12.3. The van der Waals surface area contributed by atoms with Crippen LogP contribution >= 0.6 is 0 Å². The van der Waals surface area contributed by atoms with Crippen molar-refractivity contribution in [3.05, 3.63) is 35.0 Å². The zero-order valence-electron chi connectivity index (χ0n) is 10.9. The lowest BCUT2D eigenvalue weighted by atomic mass is 9.92. The summed E-state index contributed by atoms with van der Waals surface area (Å²) >= 11 is 0. The molecule has 0 saturated heterocycles. The van der Waals surface area contributed by atoms with E-state index in [2.05, 4.69) is 10.3 Å². The summed E-state index contributed by atoms with van der Waals surface area (Å²) in [6.07, 6.45) is 4.00. The van der Waals surface area contributed by atoms with Crippen LogP contribution in [0.15, 0.2) is 12.1 Å². The molecule has 1 aliphatic carbocycles. The van der Waals surface area contributed by atoms with Crippen molar-refractivity contribution in [1.82, 2.24) is 4.98 Å². The molecule has 0 saturated carbocycles. The Hall–Kier alpha value is -1.71. The molecule has 0 amide bonds. The van der Waals surface area contributed by atoms with Gasteiger partial charge in [0.15, 0.2) is 0 Å². The number of aryl methyl sites for hydroxylation is 1. The Morgan fingerprint density at radius 2 is 2.00 bits per heavy atom. The van der Waals surface area contributed by atoms with E-state index in [-0.39, 0.29) is 0 Å². The van der Waals surface area contributed by atoms with E-state index in [0.717, 1.165) is 48.7 Å². The van der Waals surface area contributed by atoms with Gasteiger partial charge in [-0.1, -0.05) is 0 Å². The number of fused-ring (bicyclic) bond motifs is 2. The normalized spacial score (nSPS) is 14.5. The van der Waals surface area contributed by atoms with E-state index >= 15 is 0 Å². The number of hydrogen-bond donors (Lipinski definition) is 1. The highest BCUT2D eigenvalue weighted by Crippen LogP contribution is 2.34. The maximum atomic E-state index is 14.1. The Kier molecular flexibility index (Phi) is 3.09. The number of nitrogens with zero attached hydrogens (tertiary/aromatic N) is 1. The predicted molar refractivity (Wildman–Crippen MR) is 72.5 cm³/mol. The van der Waals surface area contributed by atoms with Gasteiger partial charge in [-0.25, -0.2) is 8.78 Å². The van der Waals surface area contributed by atoms with Crippen LogP contribution in [0.5, 0.6) is 0 Å². The molecule has 3 rings (SSSR count). The van der Waals surface area contributed by atoms with Crippen LogP contribution < -0.4 is 5.32 Å². The molecule has 1 N–H and O–H groups in total. The lowest BCUT2D eigenvalue weighted by Gasteiger charge is -2.21. The van der Waals surface area contributed by atoms with Gasteiger partial charge in [-0.3, -0.25) is 4.98 Å². The second-order valence-corrected chi connectivity index (χ2v) is 4.93. The van der Waals surface area contributed by atoms with E-state index in [1.807, 2.05) is 6.92 Å². The minimum atomic E-state index is -0.573. The Morgan fingerprint density at radius 1 is 1.21 bits per heavy atom. The van der Waals surface area contributed by atoms with Crippen molar-refractivity contribution in [2.24, 2.45) is 0 Å². The molecular formula is C15H16F2N2. The second-order valence-electron chi connectivity index (χ2n) is 4.93. The quantitative estimate of drug-likeness (QED) is 0.889. The Balaban J connectivity index is 2.35. The van der Waals surface area contributed by atoms with E-state index in [9.17, 15) is 8.78 Å². The average molecular weight is 262 g/mol. The van der Waals surface area contributed by atoms with Gasteiger partial charge >= 0.3 is 0 Å². The summed E-state index contributed by atoms with van der Waals surface area (Å²) in [5.41, 5.74) is 3.31. The van der Waals surface area contributed by atoms with Gasteiger partial charge in [-0.2, -0.15) is 0 Å². The molecule has 2 aromatic rings. The topological polar surface area (TPSA) is 24.9 Å². The summed E-state index contributed by atoms with van der Waals surface area (Å²) in [5.74, 6) is -1.11. The fourth-order valence-corrected chi connectivity index (χ4v) is 2.85. The van der Waals surface area contributed by atoms with Crippen molar-refractivity contribution in [3.63, 3.8) is 0 Å². The number of rotatable bonds is 2. The van der Waals surface area contributed by atoms with Gasteiger partial charge in [-0.15, -0.1) is 0 Å². The predicted octanol–water partition coefficient (Wildman–Crippen LogP) is 3.82. The van der Waals surface area contributed by atoms with Crippen molar-refractivity contribution in [3.8, 4) is 0 Å². The number of hydrogen-bond acceptors (Lipinski definition) is 2. The van der Waals surface area contributed by atoms with Gasteiger partial charge in [0, 0.05) is 24.4 Å². The molecule has 0 radical (unpaired) electrons. The molecule has 0 atom stereocenters. The van der Waals surface area contributed by atoms with E-state index in [4.69, 9.17) is 0 Å². The molecule has 0 bridgehead atoms. The molecule has 0 unspecified atom stereocenters. The van der Waals surface area contributed by atoms with Crippen molar-refractivity contribution in [1.29, 1.82) is 0 Å². The van der Waals surface area contributed by atoms with Crippen LogP contribution in [-0.4, -0.2) is 11.5 Å². The van der Waals surface area contributed by atoms with Crippen molar-refractivity contribution in [2.75, 3.05) is 11.9 Å². The minimum absolute atomic E-state index is 0.411. The van der Waals surface area contributed by atoms with Crippen LogP contribution in [-0.2, 0) is 12.8 Å². The highest BCUT2D eigenvalue weighted by Gasteiger charge is 2.20. The molecule has 0 fully saturated rings. The van der Waals surface area contributed by atoms with Gasteiger partial charge in [0.25, 0.3) is 0 Å². The standard InChI is InChI=1S/C15H16F2N2/c1-2-18-15-10-5-3-4-6-12(10)19-13-8-9(16)7-11(17)14(13)15/h7-8H,2-6H2,1H3,(H,18,19). The largest absolute Gasteiger partial charge is 0.384 e. The zero-order valence-corrected chi connectivity index (χ0v) is 10.9. The van der Waals surface area contributed by atoms with Crippen molar-refractivity contribution < 1.29 is 8.78 Å². The molecule has 1 aliphatic rings. The number of benzene rings is 1. The molecule has 0 aliphatic heterocycles. The third-order valence-electron chi connectivity index (χ3n) is 3.63. The van der Waals surface area contributed by atoms with Gasteiger partial charge in [-0.05, 0) is 38.2 Å². The van der Waals surface area contributed by atoms with Gasteiger partial charge in [0.1, 0.15) is 11.6 Å². The number of aromatic nitrogens is 1. The molecule has 2 nitrogen and oxygen atoms in total. The third-order valence-corrected chi connectivity index (χ3v) is 3.63. The maximum absolute atomic E-state index is 14.1. The van der Waals surface area contributed by atoms with Crippen LogP contribution in [0, 0.1) is 11.6 Å². The van der Waals surface area contributed by atoms with Crippen LogP contribution in [0.3, 0.4) is 0 Å². The summed E-state index contributed by atoms with van der Waals surface area (Å²) in [6.45, 7) is 2.69. The van der Waals surface area contributed by atoms with Crippen molar-refractivity contribution >= 4 is 16.6 Å². The molecule has 1 aromatic carbocycles. The van der Waals surface area contributed by atoms with E-state index in [1.54, 1.807) is 0 Å². The molecule has 100 valence electrons. The fourth-order valence-electron chi connectivity index (χ4n) is 2.85. The van der Waals surface area contributed by atoms with Crippen LogP contribution in [0.25, 0.3) is 10.9 Å². The van der Waals surface area contributed by atoms with Crippen LogP contribution in [0.4, 0.5) is 14.5 Å². The maximum Gasteiger partial charge on any atom is 0.137 e. The lowest BCUT2D eigenvalue weighted by molar-refractivity contribution is 0.591. The minimum Gasteiger partial charge on any atom is -0.384 e. The van der Waals surface area contributed by atoms with Crippen molar-refractivity contribution in [2.45, 2.75) is 32.6 Å². The Bertz CT molecular complexity index is 638. The highest BCUT2D eigenvalue weighted by atomic mass is 19.1. The Morgan fingerprint density at radius 3 is 2.79 bits per heavy atom. The van der Waals surface area contributed by atoms with E-state index in [0.29, 0.717) is 17.4 Å². The first-order chi connectivity index (χ1) is 9.20. The molecule has 4 heteroatoms. The van der Waals surface area contributed by atoms with Crippen LogP contribution in [0.2, 0.25) is 0 Å². The summed E-state index contributed by atoms with van der Waals surface area (Å²) in [5, 5.41) is 3.66.